The fourth-order valence-electron chi connectivity index (χ4n) is 0.518. The van der Waals surface area contributed by atoms with Crippen molar-refractivity contribution in [2.75, 3.05) is 27.2 Å². The van der Waals surface area contributed by atoms with Gasteiger partial charge < -0.3 is 16.4 Å². The van der Waals surface area contributed by atoms with Crippen molar-refractivity contribution in [3.05, 3.63) is 0 Å². The predicted octanol–water partition coefficient (Wildman–Crippen LogP) is -1.17. The van der Waals surface area contributed by atoms with Gasteiger partial charge in [0.1, 0.15) is 0 Å². The van der Waals surface area contributed by atoms with Gasteiger partial charge in [0, 0.05) is 19.1 Å². The lowest BCUT2D eigenvalue weighted by molar-refractivity contribution is 0.306. The van der Waals surface area contributed by atoms with E-state index in [4.69, 9.17) is 11.5 Å². The minimum atomic E-state index is 0.343. The van der Waals surface area contributed by atoms with Crippen LogP contribution in [0.5, 0.6) is 0 Å². The van der Waals surface area contributed by atoms with Crippen molar-refractivity contribution < 1.29 is 0 Å². The van der Waals surface area contributed by atoms with Gasteiger partial charge in [0.25, 0.3) is 0 Å². The van der Waals surface area contributed by atoms with Crippen LogP contribution in [0.15, 0.2) is 0 Å². The Morgan fingerprint density at radius 3 is 1.62 bits per heavy atom. The van der Waals surface area contributed by atoms with Gasteiger partial charge in [-0.1, -0.05) is 0 Å². The van der Waals surface area contributed by atoms with Gasteiger partial charge in [-0.15, -0.1) is 0 Å². The molecule has 0 heterocycles. The number of rotatable bonds is 3. The molecule has 0 aromatic heterocycles. The van der Waals surface area contributed by atoms with Crippen LogP contribution >= 0.6 is 0 Å². The lowest BCUT2D eigenvalue weighted by Crippen LogP contribution is -2.40. The first-order valence-electron chi connectivity index (χ1n) is 2.79. The third-order valence-electron chi connectivity index (χ3n) is 1.27. The molecule has 0 aliphatic rings. The third-order valence-corrected chi connectivity index (χ3v) is 1.27. The van der Waals surface area contributed by atoms with Crippen LogP contribution in [-0.2, 0) is 0 Å². The lowest BCUT2D eigenvalue weighted by atomic mass is 10.3. The van der Waals surface area contributed by atoms with Gasteiger partial charge in [-0.25, -0.2) is 0 Å². The summed E-state index contributed by atoms with van der Waals surface area (Å²) in [6.45, 7) is 1.28. The van der Waals surface area contributed by atoms with E-state index in [-0.39, 0.29) is 0 Å². The standard InChI is InChI=1S/C5H15N3/c1-8(2)5(3-6)4-7/h5H,3-4,6-7H2,1-2H3. The van der Waals surface area contributed by atoms with E-state index in [2.05, 4.69) is 0 Å². The molecule has 0 atom stereocenters. The fourth-order valence-corrected chi connectivity index (χ4v) is 0.518. The molecule has 0 unspecified atom stereocenters. The summed E-state index contributed by atoms with van der Waals surface area (Å²) in [5.74, 6) is 0. The maximum Gasteiger partial charge on any atom is 0.0334 e. The van der Waals surface area contributed by atoms with Crippen LogP contribution in [0.2, 0.25) is 0 Å². The molecule has 0 radical (unpaired) electrons. The molecule has 4 N–H and O–H groups in total. The van der Waals surface area contributed by atoms with Gasteiger partial charge in [-0.3, -0.25) is 0 Å². The number of hydrogen-bond donors (Lipinski definition) is 2. The summed E-state index contributed by atoms with van der Waals surface area (Å²) in [7, 11) is 3.95. The minimum absolute atomic E-state index is 0.343. The van der Waals surface area contributed by atoms with Crippen molar-refractivity contribution in [1.29, 1.82) is 0 Å². The Bertz CT molecular complexity index is 49.6. The monoisotopic (exact) mass is 117 g/mol. The van der Waals surface area contributed by atoms with E-state index in [1.807, 2.05) is 19.0 Å². The SMILES string of the molecule is CN(C)C(CN)CN. The quantitative estimate of drug-likeness (QED) is 0.490. The van der Waals surface area contributed by atoms with Gasteiger partial charge >= 0.3 is 0 Å². The summed E-state index contributed by atoms with van der Waals surface area (Å²) < 4.78 is 0. The van der Waals surface area contributed by atoms with Crippen LogP contribution in [0.1, 0.15) is 0 Å². The molecule has 0 fully saturated rings. The Kier molecular flexibility index (Phi) is 3.77. The maximum atomic E-state index is 5.36. The highest BCUT2D eigenvalue weighted by atomic mass is 15.1. The number of nitrogens with zero attached hydrogens (tertiary/aromatic N) is 1. The van der Waals surface area contributed by atoms with Crippen LogP contribution in [0.3, 0.4) is 0 Å². The molecule has 0 aliphatic heterocycles. The van der Waals surface area contributed by atoms with Crippen LogP contribution < -0.4 is 11.5 Å². The molecular weight excluding hydrogens is 102 g/mol. The highest BCUT2D eigenvalue weighted by molar-refractivity contribution is 4.65. The molecule has 8 heavy (non-hydrogen) atoms. The Labute approximate surface area is 50.6 Å². The normalized spacial score (nSPS) is 11.2. The average Bonchev–Trinajstić information content (AvgIpc) is 1.69. The largest absolute Gasteiger partial charge is 0.329 e. The summed E-state index contributed by atoms with van der Waals surface area (Å²) in [4.78, 5) is 2.03. The van der Waals surface area contributed by atoms with E-state index >= 15 is 0 Å². The second kappa shape index (κ2) is 3.83. The topological polar surface area (TPSA) is 55.3 Å². The predicted molar refractivity (Wildman–Crippen MR) is 35.6 cm³/mol. The number of nitrogens with two attached hydrogens (primary N) is 2. The van der Waals surface area contributed by atoms with Crippen LogP contribution in [0.4, 0.5) is 0 Å². The number of likely N-dealkylation sites (N-methyl/N-ethyl adjacent to an activating group) is 1. The molecular formula is C5H15N3. The van der Waals surface area contributed by atoms with Crippen molar-refractivity contribution in [2.45, 2.75) is 6.04 Å². The summed E-state index contributed by atoms with van der Waals surface area (Å²) >= 11 is 0. The van der Waals surface area contributed by atoms with E-state index in [1.165, 1.54) is 0 Å². The van der Waals surface area contributed by atoms with E-state index in [0.717, 1.165) is 0 Å². The molecule has 50 valence electrons. The first-order valence-corrected chi connectivity index (χ1v) is 2.79. The van der Waals surface area contributed by atoms with Crippen molar-refractivity contribution in [2.24, 2.45) is 11.5 Å². The second-order valence-corrected chi connectivity index (χ2v) is 2.09. The summed E-state index contributed by atoms with van der Waals surface area (Å²) in [5, 5.41) is 0. The zero-order valence-corrected chi connectivity index (χ0v) is 5.59. The Morgan fingerprint density at radius 2 is 1.62 bits per heavy atom. The molecule has 0 aliphatic carbocycles. The highest BCUT2D eigenvalue weighted by Gasteiger charge is 2.03. The van der Waals surface area contributed by atoms with E-state index in [9.17, 15) is 0 Å². The molecule has 0 spiro atoms. The van der Waals surface area contributed by atoms with Crippen LogP contribution in [0, 0.1) is 0 Å². The highest BCUT2D eigenvalue weighted by Crippen LogP contribution is 1.84. The van der Waals surface area contributed by atoms with Gasteiger partial charge in [-0.05, 0) is 14.1 Å². The Morgan fingerprint density at radius 1 is 1.25 bits per heavy atom. The molecule has 3 heteroatoms. The third kappa shape index (κ3) is 2.26. The van der Waals surface area contributed by atoms with Crippen LogP contribution in [-0.4, -0.2) is 38.1 Å². The first-order chi connectivity index (χ1) is 3.72. The molecule has 3 nitrogen and oxygen atoms in total. The second-order valence-electron chi connectivity index (χ2n) is 2.09. The van der Waals surface area contributed by atoms with Gasteiger partial charge in [-0.2, -0.15) is 0 Å². The maximum absolute atomic E-state index is 5.36. The molecule has 0 aromatic rings. The lowest BCUT2D eigenvalue weighted by Gasteiger charge is -2.19. The Balaban J connectivity index is 3.35. The summed E-state index contributed by atoms with van der Waals surface area (Å²) in [6, 6.07) is 0.343. The van der Waals surface area contributed by atoms with E-state index < -0.39 is 0 Å². The zero-order valence-electron chi connectivity index (χ0n) is 5.59. The van der Waals surface area contributed by atoms with Crippen LogP contribution in [0.25, 0.3) is 0 Å². The van der Waals surface area contributed by atoms with E-state index in [0.29, 0.717) is 19.1 Å². The Hall–Kier alpha value is -0.120. The summed E-state index contributed by atoms with van der Waals surface area (Å²) in [6.07, 6.45) is 0. The first kappa shape index (κ1) is 7.88. The van der Waals surface area contributed by atoms with Gasteiger partial charge in [0.15, 0.2) is 0 Å². The van der Waals surface area contributed by atoms with E-state index in [1.54, 1.807) is 0 Å². The molecule has 0 saturated carbocycles. The fraction of sp³-hybridized carbons (Fsp3) is 1.00. The van der Waals surface area contributed by atoms with Crippen molar-refractivity contribution >= 4 is 0 Å². The molecule has 0 aromatic carbocycles. The zero-order chi connectivity index (χ0) is 6.57. The van der Waals surface area contributed by atoms with Crippen molar-refractivity contribution in [3.8, 4) is 0 Å². The van der Waals surface area contributed by atoms with Gasteiger partial charge in [0.2, 0.25) is 0 Å². The molecule has 0 bridgehead atoms. The average molecular weight is 117 g/mol. The van der Waals surface area contributed by atoms with Crippen molar-refractivity contribution in [3.63, 3.8) is 0 Å². The summed E-state index contributed by atoms with van der Waals surface area (Å²) in [5.41, 5.74) is 10.7. The van der Waals surface area contributed by atoms with Crippen molar-refractivity contribution in [1.82, 2.24) is 4.90 Å². The molecule has 0 rings (SSSR count). The minimum Gasteiger partial charge on any atom is -0.329 e. The van der Waals surface area contributed by atoms with Gasteiger partial charge in [0.05, 0.1) is 0 Å². The molecule has 0 amide bonds. The molecule has 0 saturated heterocycles. The smallest absolute Gasteiger partial charge is 0.0334 e. The number of hydrogen-bond acceptors (Lipinski definition) is 3.